The van der Waals surface area contributed by atoms with Gasteiger partial charge in [0.25, 0.3) is 5.91 Å². The van der Waals surface area contributed by atoms with Crippen LogP contribution in [0.25, 0.3) is 10.8 Å². The standard InChI is InChI=1S/C25H22N4O7/c1-25(16-5-3-15-10-18(34-2)7-4-14(15)9-16)22(31)29(24(33)28-25)12-21(30)27-23(32)26-17-6-8-19-20(11-17)36-13-35-19/h3-11H,12-13H2,1-2H3,(H,28,33)(H2,26,27,30,32)/t25-/m1/s1. The zero-order chi connectivity index (χ0) is 25.4. The van der Waals surface area contributed by atoms with Crippen molar-refractivity contribution in [1.82, 2.24) is 15.5 Å². The number of ether oxygens (including phenoxy) is 3. The fraction of sp³-hybridized carbons (Fsp3) is 0.200. The number of carbonyl (C=O) groups excluding carboxylic acids is 4. The van der Waals surface area contributed by atoms with Gasteiger partial charge in [-0.05, 0) is 53.6 Å². The first-order chi connectivity index (χ1) is 17.3. The highest BCUT2D eigenvalue weighted by atomic mass is 16.7. The Balaban J connectivity index is 1.25. The van der Waals surface area contributed by atoms with Gasteiger partial charge in [0.1, 0.15) is 17.8 Å². The number of hydrogen-bond donors (Lipinski definition) is 3. The Morgan fingerprint density at radius 3 is 2.58 bits per heavy atom. The molecule has 5 rings (SSSR count). The molecule has 11 nitrogen and oxygen atoms in total. The molecule has 0 radical (unpaired) electrons. The largest absolute Gasteiger partial charge is 0.497 e. The van der Waals surface area contributed by atoms with E-state index in [9.17, 15) is 19.2 Å². The van der Waals surface area contributed by atoms with Crippen molar-refractivity contribution in [2.45, 2.75) is 12.5 Å². The lowest BCUT2D eigenvalue weighted by Gasteiger charge is -2.22. The zero-order valence-corrected chi connectivity index (χ0v) is 19.4. The summed E-state index contributed by atoms with van der Waals surface area (Å²) in [6.45, 7) is 1.03. The van der Waals surface area contributed by atoms with Gasteiger partial charge < -0.3 is 24.8 Å². The third-order valence-electron chi connectivity index (χ3n) is 6.08. The second-order valence-electron chi connectivity index (χ2n) is 8.44. The first-order valence-corrected chi connectivity index (χ1v) is 11.0. The molecule has 184 valence electrons. The number of rotatable bonds is 5. The van der Waals surface area contributed by atoms with Crippen molar-refractivity contribution in [1.29, 1.82) is 0 Å². The summed E-state index contributed by atoms with van der Waals surface area (Å²) in [5, 5.41) is 9.04. The molecule has 0 aromatic heterocycles. The van der Waals surface area contributed by atoms with E-state index in [1.54, 1.807) is 50.4 Å². The van der Waals surface area contributed by atoms with Crippen LogP contribution < -0.4 is 30.2 Å². The lowest BCUT2D eigenvalue weighted by molar-refractivity contribution is -0.134. The number of carbonyl (C=O) groups is 4. The van der Waals surface area contributed by atoms with Crippen LogP contribution in [0, 0.1) is 0 Å². The molecule has 1 fully saturated rings. The molecule has 3 N–H and O–H groups in total. The number of amides is 6. The smallest absolute Gasteiger partial charge is 0.325 e. The van der Waals surface area contributed by atoms with Crippen molar-refractivity contribution < 1.29 is 33.4 Å². The quantitative estimate of drug-likeness (QED) is 0.468. The maximum Gasteiger partial charge on any atom is 0.325 e. The van der Waals surface area contributed by atoms with Crippen LogP contribution in [0.15, 0.2) is 54.6 Å². The van der Waals surface area contributed by atoms with Gasteiger partial charge in [0.05, 0.1) is 7.11 Å². The number of nitrogens with zero attached hydrogens (tertiary/aromatic N) is 1. The molecule has 2 aliphatic rings. The molecule has 3 aromatic rings. The van der Waals surface area contributed by atoms with E-state index >= 15 is 0 Å². The molecule has 3 aromatic carbocycles. The fourth-order valence-corrected chi connectivity index (χ4v) is 4.14. The molecule has 1 saturated heterocycles. The van der Waals surface area contributed by atoms with Crippen molar-refractivity contribution in [2.75, 3.05) is 25.8 Å². The van der Waals surface area contributed by atoms with Crippen LogP contribution in [0.4, 0.5) is 15.3 Å². The van der Waals surface area contributed by atoms with Crippen LogP contribution in [0.5, 0.6) is 17.2 Å². The number of imide groups is 2. The minimum absolute atomic E-state index is 0.0856. The lowest BCUT2D eigenvalue weighted by Crippen LogP contribution is -2.45. The molecule has 6 amide bonds. The van der Waals surface area contributed by atoms with E-state index in [4.69, 9.17) is 14.2 Å². The summed E-state index contributed by atoms with van der Waals surface area (Å²) in [7, 11) is 1.58. The second kappa shape index (κ2) is 8.77. The van der Waals surface area contributed by atoms with Gasteiger partial charge in [0.15, 0.2) is 11.5 Å². The van der Waals surface area contributed by atoms with Crippen LogP contribution >= 0.6 is 0 Å². The molecule has 11 heteroatoms. The molecule has 2 aliphatic heterocycles. The highest BCUT2D eigenvalue weighted by molar-refractivity contribution is 6.11. The molecule has 0 spiro atoms. The van der Waals surface area contributed by atoms with Crippen LogP contribution in [-0.2, 0) is 15.1 Å². The summed E-state index contributed by atoms with van der Waals surface area (Å²) >= 11 is 0. The molecule has 2 heterocycles. The zero-order valence-electron chi connectivity index (χ0n) is 19.4. The van der Waals surface area contributed by atoms with Crippen LogP contribution in [-0.4, -0.2) is 49.2 Å². The van der Waals surface area contributed by atoms with E-state index in [0.29, 0.717) is 28.5 Å². The average molecular weight is 490 g/mol. The first kappa shape index (κ1) is 23.0. The van der Waals surface area contributed by atoms with Gasteiger partial charge in [-0.2, -0.15) is 0 Å². The molecule has 1 atom stereocenters. The molecule has 0 unspecified atom stereocenters. The molecular formula is C25H22N4O7. The van der Waals surface area contributed by atoms with Gasteiger partial charge in [-0.25, -0.2) is 9.59 Å². The summed E-state index contributed by atoms with van der Waals surface area (Å²) in [5.41, 5.74) is -0.441. The van der Waals surface area contributed by atoms with E-state index in [1.807, 2.05) is 18.2 Å². The van der Waals surface area contributed by atoms with E-state index < -0.39 is 36.0 Å². The Kier molecular flexibility index (Phi) is 5.59. The minimum Gasteiger partial charge on any atom is -0.497 e. The lowest BCUT2D eigenvalue weighted by atomic mass is 9.90. The monoisotopic (exact) mass is 490 g/mol. The Labute approximate surface area is 205 Å². The Morgan fingerprint density at radius 1 is 1.03 bits per heavy atom. The predicted molar refractivity (Wildman–Crippen MR) is 128 cm³/mol. The van der Waals surface area contributed by atoms with Gasteiger partial charge in [-0.1, -0.05) is 18.2 Å². The van der Waals surface area contributed by atoms with Gasteiger partial charge in [0, 0.05) is 11.8 Å². The third-order valence-corrected chi connectivity index (χ3v) is 6.08. The van der Waals surface area contributed by atoms with Crippen LogP contribution in [0.3, 0.4) is 0 Å². The van der Waals surface area contributed by atoms with E-state index in [0.717, 1.165) is 15.7 Å². The number of methoxy groups -OCH3 is 1. The summed E-state index contributed by atoms with van der Waals surface area (Å²) in [6.07, 6.45) is 0. The number of urea groups is 2. The number of fused-ring (bicyclic) bond motifs is 2. The van der Waals surface area contributed by atoms with Crippen LogP contribution in [0.2, 0.25) is 0 Å². The van der Waals surface area contributed by atoms with Crippen molar-refractivity contribution >= 4 is 40.3 Å². The third kappa shape index (κ3) is 4.11. The highest BCUT2D eigenvalue weighted by Crippen LogP contribution is 2.34. The van der Waals surface area contributed by atoms with Crippen molar-refractivity contribution in [2.24, 2.45) is 0 Å². The Hall–Kier alpha value is -4.80. The predicted octanol–water partition coefficient (Wildman–Crippen LogP) is 2.69. The first-order valence-electron chi connectivity index (χ1n) is 11.0. The maximum absolute atomic E-state index is 13.2. The topological polar surface area (TPSA) is 135 Å². The number of hydrogen-bond acceptors (Lipinski definition) is 7. The summed E-state index contributed by atoms with van der Waals surface area (Å²) in [4.78, 5) is 51.3. The van der Waals surface area contributed by atoms with E-state index in [2.05, 4.69) is 16.0 Å². The van der Waals surface area contributed by atoms with Gasteiger partial charge in [-0.3, -0.25) is 19.8 Å². The number of anilines is 1. The Morgan fingerprint density at radius 2 is 1.78 bits per heavy atom. The highest BCUT2D eigenvalue weighted by Gasteiger charge is 2.49. The van der Waals surface area contributed by atoms with E-state index in [-0.39, 0.29) is 6.79 Å². The van der Waals surface area contributed by atoms with Gasteiger partial charge in [-0.15, -0.1) is 0 Å². The second-order valence-corrected chi connectivity index (χ2v) is 8.44. The SMILES string of the molecule is COc1ccc2cc([C@@]3(C)NC(=O)N(CC(=O)NC(=O)Nc4ccc5c(c4)OCO5)C3=O)ccc2c1. The number of nitrogens with one attached hydrogen (secondary N) is 3. The molecule has 36 heavy (non-hydrogen) atoms. The van der Waals surface area contributed by atoms with Crippen molar-refractivity contribution in [3.63, 3.8) is 0 Å². The minimum atomic E-state index is -1.37. The summed E-state index contributed by atoms with van der Waals surface area (Å²) in [6, 6.07) is 14.1. The number of benzene rings is 3. The average Bonchev–Trinajstić information content (AvgIpc) is 3.41. The van der Waals surface area contributed by atoms with Crippen LogP contribution in [0.1, 0.15) is 12.5 Å². The Bertz CT molecular complexity index is 1420. The van der Waals surface area contributed by atoms with Crippen molar-refractivity contribution in [3.05, 3.63) is 60.2 Å². The van der Waals surface area contributed by atoms with E-state index in [1.165, 1.54) is 0 Å². The van der Waals surface area contributed by atoms with Gasteiger partial charge in [0.2, 0.25) is 12.7 Å². The summed E-state index contributed by atoms with van der Waals surface area (Å²) < 4.78 is 15.7. The van der Waals surface area contributed by atoms with Gasteiger partial charge >= 0.3 is 12.1 Å². The fourth-order valence-electron chi connectivity index (χ4n) is 4.14. The maximum atomic E-state index is 13.2. The molecule has 0 aliphatic carbocycles. The summed E-state index contributed by atoms with van der Waals surface area (Å²) in [5.74, 6) is 0.278. The molecule has 0 saturated carbocycles. The molecule has 0 bridgehead atoms. The van der Waals surface area contributed by atoms with Crippen molar-refractivity contribution in [3.8, 4) is 17.2 Å². The molecular weight excluding hydrogens is 468 g/mol. The normalized spacial score (nSPS) is 18.2.